The second-order valence-electron chi connectivity index (χ2n) is 2.69. The molecule has 0 spiro atoms. The molecule has 0 saturated heterocycles. The first-order valence-electron chi connectivity index (χ1n) is 3.52. The van der Waals surface area contributed by atoms with Gasteiger partial charge in [0.2, 0.25) is 0 Å². The molecule has 0 radical (unpaired) electrons. The number of halogens is 1. The molecule has 0 fully saturated rings. The number of likely N-dealkylation sites (N-methyl/N-ethyl adjacent to an activating group) is 1. The Hall–Kier alpha value is -0.190. The van der Waals surface area contributed by atoms with E-state index in [1.54, 1.807) is 11.3 Å². The molecule has 0 aliphatic carbocycles. The summed E-state index contributed by atoms with van der Waals surface area (Å²) in [6, 6.07) is 3.81. The van der Waals surface area contributed by atoms with Crippen molar-refractivity contribution in [1.29, 1.82) is 0 Å². The Morgan fingerprint density at radius 2 is 2.25 bits per heavy atom. The topological polar surface area (TPSA) is 20.3 Å². The van der Waals surface area contributed by atoms with Gasteiger partial charge >= 0.3 is 0 Å². The van der Waals surface area contributed by atoms with Crippen LogP contribution >= 0.6 is 27.3 Å². The van der Waals surface area contributed by atoms with Gasteiger partial charge in [-0.25, -0.2) is 0 Å². The van der Waals surface area contributed by atoms with Crippen molar-refractivity contribution < 1.29 is 4.79 Å². The van der Waals surface area contributed by atoms with E-state index in [0.29, 0.717) is 0 Å². The van der Waals surface area contributed by atoms with Gasteiger partial charge in [-0.15, -0.1) is 11.3 Å². The van der Waals surface area contributed by atoms with Crippen molar-refractivity contribution in [1.82, 2.24) is 4.90 Å². The third kappa shape index (κ3) is 2.15. The molecular weight excluding hydrogens is 238 g/mol. The summed E-state index contributed by atoms with van der Waals surface area (Å²) in [5.41, 5.74) is 0. The van der Waals surface area contributed by atoms with Crippen LogP contribution in [0.15, 0.2) is 15.9 Å². The summed E-state index contributed by atoms with van der Waals surface area (Å²) in [6.07, 6.45) is 0.957. The second-order valence-corrected chi connectivity index (χ2v) is 5.18. The van der Waals surface area contributed by atoms with Crippen molar-refractivity contribution in [3.63, 3.8) is 0 Å². The van der Waals surface area contributed by atoms with Crippen LogP contribution in [-0.4, -0.2) is 25.3 Å². The molecule has 2 nitrogen and oxygen atoms in total. The van der Waals surface area contributed by atoms with E-state index in [9.17, 15) is 4.79 Å². The summed E-state index contributed by atoms with van der Waals surface area (Å²) in [6.45, 7) is 0. The smallest absolute Gasteiger partial charge is 0.142 e. The molecule has 1 aromatic rings. The third-order valence-corrected chi connectivity index (χ3v) is 3.27. The summed E-state index contributed by atoms with van der Waals surface area (Å²) in [4.78, 5) is 13.7. The predicted molar refractivity (Wildman–Crippen MR) is 54.5 cm³/mol. The third-order valence-electron chi connectivity index (χ3n) is 1.57. The molecule has 12 heavy (non-hydrogen) atoms. The molecule has 1 aromatic heterocycles. The second kappa shape index (κ2) is 4.16. The molecule has 1 unspecified atom stereocenters. The molecule has 0 aliphatic heterocycles. The van der Waals surface area contributed by atoms with Crippen LogP contribution in [0.25, 0.3) is 0 Å². The number of carbonyl (C=O) groups is 1. The summed E-state index contributed by atoms with van der Waals surface area (Å²) < 4.78 is 1.06. The van der Waals surface area contributed by atoms with Gasteiger partial charge in [0.25, 0.3) is 0 Å². The first kappa shape index (κ1) is 9.89. The van der Waals surface area contributed by atoms with E-state index in [2.05, 4.69) is 15.9 Å². The normalized spacial score (nSPS) is 13.3. The van der Waals surface area contributed by atoms with Crippen molar-refractivity contribution in [2.24, 2.45) is 0 Å². The minimum absolute atomic E-state index is 0.110. The van der Waals surface area contributed by atoms with E-state index < -0.39 is 0 Å². The first-order chi connectivity index (χ1) is 5.65. The van der Waals surface area contributed by atoms with Crippen LogP contribution in [0, 0.1) is 0 Å². The van der Waals surface area contributed by atoms with Crippen molar-refractivity contribution in [3.8, 4) is 0 Å². The Morgan fingerprint density at radius 1 is 1.58 bits per heavy atom. The van der Waals surface area contributed by atoms with Crippen LogP contribution in [0.5, 0.6) is 0 Å². The Balaban J connectivity index is 2.87. The van der Waals surface area contributed by atoms with Crippen LogP contribution in [0.1, 0.15) is 10.9 Å². The molecular formula is C8H10BrNOS. The van der Waals surface area contributed by atoms with Crippen LogP contribution in [-0.2, 0) is 4.79 Å². The number of hydrogen-bond donors (Lipinski definition) is 0. The van der Waals surface area contributed by atoms with Crippen molar-refractivity contribution in [2.75, 3.05) is 14.1 Å². The average Bonchev–Trinajstić information content (AvgIpc) is 2.37. The standard InChI is InChI=1S/C8H10BrNOS/c1-10(2)6(5-11)7-3-4-8(9)12-7/h3-6H,1-2H3. The summed E-state index contributed by atoms with van der Waals surface area (Å²) in [5, 5.41) is 0. The maximum Gasteiger partial charge on any atom is 0.142 e. The predicted octanol–water partition coefficient (Wildman–Crippen LogP) is 2.31. The average molecular weight is 248 g/mol. The Bertz CT molecular complexity index is 272. The lowest BCUT2D eigenvalue weighted by Crippen LogP contribution is -2.19. The number of hydrogen-bond acceptors (Lipinski definition) is 3. The van der Waals surface area contributed by atoms with Gasteiger partial charge in [0.1, 0.15) is 6.29 Å². The van der Waals surface area contributed by atoms with Gasteiger partial charge in [-0.2, -0.15) is 0 Å². The highest BCUT2D eigenvalue weighted by molar-refractivity contribution is 9.11. The van der Waals surface area contributed by atoms with Gasteiger partial charge in [0.15, 0.2) is 0 Å². The fraction of sp³-hybridized carbons (Fsp3) is 0.375. The van der Waals surface area contributed by atoms with Crippen LogP contribution in [0.3, 0.4) is 0 Å². The molecule has 0 saturated carbocycles. The quantitative estimate of drug-likeness (QED) is 0.765. The number of rotatable bonds is 3. The molecule has 0 amide bonds. The van der Waals surface area contributed by atoms with Gasteiger partial charge in [-0.3, -0.25) is 4.90 Å². The molecule has 4 heteroatoms. The lowest BCUT2D eigenvalue weighted by atomic mass is 10.2. The molecule has 1 rings (SSSR count). The Kier molecular flexibility index (Phi) is 3.43. The largest absolute Gasteiger partial charge is 0.301 e. The van der Waals surface area contributed by atoms with Gasteiger partial charge in [-0.05, 0) is 42.2 Å². The highest BCUT2D eigenvalue weighted by Crippen LogP contribution is 2.28. The molecule has 0 aromatic carbocycles. The zero-order valence-electron chi connectivity index (χ0n) is 6.95. The monoisotopic (exact) mass is 247 g/mol. The maximum atomic E-state index is 10.7. The van der Waals surface area contributed by atoms with Gasteiger partial charge in [0.05, 0.1) is 9.83 Å². The lowest BCUT2D eigenvalue weighted by Gasteiger charge is -2.16. The zero-order valence-corrected chi connectivity index (χ0v) is 9.35. The minimum atomic E-state index is -0.110. The number of nitrogens with zero attached hydrogens (tertiary/aromatic N) is 1. The number of thiophene rings is 1. The first-order valence-corrected chi connectivity index (χ1v) is 5.13. The molecule has 0 N–H and O–H groups in total. The van der Waals surface area contributed by atoms with Crippen LogP contribution < -0.4 is 0 Å². The summed E-state index contributed by atoms with van der Waals surface area (Å²) in [7, 11) is 3.79. The van der Waals surface area contributed by atoms with Crippen molar-refractivity contribution >= 4 is 33.6 Å². The van der Waals surface area contributed by atoms with E-state index in [1.165, 1.54) is 0 Å². The molecule has 1 heterocycles. The Labute approximate surface area is 84.3 Å². The summed E-state index contributed by atoms with van der Waals surface area (Å²) in [5.74, 6) is 0. The number of aldehydes is 1. The molecule has 0 aliphatic rings. The van der Waals surface area contributed by atoms with Crippen molar-refractivity contribution in [2.45, 2.75) is 6.04 Å². The SMILES string of the molecule is CN(C)C(C=O)c1ccc(Br)s1. The van der Waals surface area contributed by atoms with Gasteiger partial charge < -0.3 is 4.79 Å². The number of carbonyl (C=O) groups excluding carboxylic acids is 1. The highest BCUT2D eigenvalue weighted by Gasteiger charge is 2.14. The molecule has 1 atom stereocenters. The van der Waals surface area contributed by atoms with E-state index >= 15 is 0 Å². The lowest BCUT2D eigenvalue weighted by molar-refractivity contribution is -0.111. The fourth-order valence-electron chi connectivity index (χ4n) is 0.930. The molecule has 66 valence electrons. The van der Waals surface area contributed by atoms with Gasteiger partial charge in [-0.1, -0.05) is 0 Å². The fourth-order valence-corrected chi connectivity index (χ4v) is 2.51. The summed E-state index contributed by atoms with van der Waals surface area (Å²) >= 11 is 4.96. The van der Waals surface area contributed by atoms with Crippen LogP contribution in [0.4, 0.5) is 0 Å². The Morgan fingerprint density at radius 3 is 2.58 bits per heavy atom. The van der Waals surface area contributed by atoms with Crippen molar-refractivity contribution in [3.05, 3.63) is 20.8 Å². The van der Waals surface area contributed by atoms with E-state index in [-0.39, 0.29) is 6.04 Å². The van der Waals surface area contributed by atoms with E-state index in [4.69, 9.17) is 0 Å². The van der Waals surface area contributed by atoms with Crippen LogP contribution in [0.2, 0.25) is 0 Å². The highest BCUT2D eigenvalue weighted by atomic mass is 79.9. The zero-order chi connectivity index (χ0) is 9.14. The van der Waals surface area contributed by atoms with Gasteiger partial charge in [0, 0.05) is 4.88 Å². The van der Waals surface area contributed by atoms with E-state index in [1.807, 2.05) is 31.1 Å². The maximum absolute atomic E-state index is 10.7. The molecule has 0 bridgehead atoms. The van der Waals surface area contributed by atoms with E-state index in [0.717, 1.165) is 14.9 Å². The minimum Gasteiger partial charge on any atom is -0.301 e.